The van der Waals surface area contributed by atoms with Gasteiger partial charge in [-0.05, 0) is 67.6 Å². The third-order valence-corrected chi connectivity index (χ3v) is 6.95. The first kappa shape index (κ1) is 18.8. The fourth-order valence-electron chi connectivity index (χ4n) is 3.64. The normalized spacial score (nSPS) is 15.5. The van der Waals surface area contributed by atoms with Crippen molar-refractivity contribution in [2.45, 2.75) is 26.8 Å². The molecule has 0 amide bonds. The highest BCUT2D eigenvalue weighted by Gasteiger charge is 2.34. The van der Waals surface area contributed by atoms with Crippen LogP contribution < -0.4 is 5.32 Å². The van der Waals surface area contributed by atoms with Crippen LogP contribution in [0.3, 0.4) is 0 Å². The average molecular weight is 397 g/mol. The number of benzene rings is 1. The largest absolute Gasteiger partial charge is 0.379 e. The number of fused-ring (bicyclic) bond motifs is 1. The van der Waals surface area contributed by atoms with Gasteiger partial charge in [0.05, 0.1) is 11.8 Å². The van der Waals surface area contributed by atoms with Crippen LogP contribution in [0.5, 0.6) is 0 Å². The van der Waals surface area contributed by atoms with Crippen molar-refractivity contribution in [1.29, 1.82) is 0 Å². The highest BCUT2D eigenvalue weighted by molar-refractivity contribution is 7.89. The summed E-state index contributed by atoms with van der Waals surface area (Å²) in [5, 5.41) is 5.65. The number of anilines is 1. The smallest absolute Gasteiger partial charge is 0.213 e. The summed E-state index contributed by atoms with van der Waals surface area (Å²) in [6.45, 7) is 6.66. The van der Waals surface area contributed by atoms with E-state index in [2.05, 4.69) is 39.6 Å². The number of aromatic nitrogens is 2. The Kier molecular flexibility index (Phi) is 4.81. The van der Waals surface area contributed by atoms with Gasteiger partial charge in [0.15, 0.2) is 0 Å². The van der Waals surface area contributed by atoms with Gasteiger partial charge in [-0.1, -0.05) is 0 Å². The van der Waals surface area contributed by atoms with Crippen LogP contribution in [0.15, 0.2) is 42.7 Å². The van der Waals surface area contributed by atoms with Gasteiger partial charge >= 0.3 is 0 Å². The summed E-state index contributed by atoms with van der Waals surface area (Å²) in [6, 6.07) is 10.5. The summed E-state index contributed by atoms with van der Waals surface area (Å²) in [5.74, 6) is 0.142. The Bertz CT molecular complexity index is 1120. The van der Waals surface area contributed by atoms with Crippen molar-refractivity contribution in [3.63, 3.8) is 0 Å². The first-order valence-corrected chi connectivity index (χ1v) is 11.0. The molecule has 0 aliphatic carbocycles. The van der Waals surface area contributed by atoms with E-state index in [0.29, 0.717) is 13.1 Å². The Morgan fingerprint density at radius 3 is 2.46 bits per heavy atom. The second kappa shape index (κ2) is 7.14. The Labute approximate surface area is 165 Å². The number of rotatable bonds is 5. The molecule has 6 nitrogen and oxygen atoms in total. The molecular weight excluding hydrogens is 372 g/mol. The minimum absolute atomic E-state index is 0.0980. The summed E-state index contributed by atoms with van der Waals surface area (Å²) < 4.78 is 25.5. The molecule has 1 aromatic carbocycles. The molecule has 0 bridgehead atoms. The summed E-state index contributed by atoms with van der Waals surface area (Å²) in [4.78, 5) is 8.73. The van der Waals surface area contributed by atoms with Crippen LogP contribution in [0, 0.1) is 13.8 Å². The van der Waals surface area contributed by atoms with Crippen molar-refractivity contribution in [3.8, 4) is 11.1 Å². The van der Waals surface area contributed by atoms with E-state index in [1.165, 1.54) is 4.31 Å². The first-order chi connectivity index (χ1) is 13.4. The molecule has 0 unspecified atom stereocenters. The van der Waals surface area contributed by atoms with Crippen LogP contribution in [0.4, 0.5) is 5.69 Å². The van der Waals surface area contributed by atoms with Crippen LogP contribution >= 0.6 is 0 Å². The predicted molar refractivity (Wildman–Crippen MR) is 113 cm³/mol. The number of hydrogen-bond acceptors (Lipinski definition) is 5. The van der Waals surface area contributed by atoms with Gasteiger partial charge in [0.2, 0.25) is 10.0 Å². The minimum Gasteiger partial charge on any atom is -0.379 e. The third-order valence-electron chi connectivity index (χ3n) is 5.14. The first-order valence-electron chi connectivity index (χ1n) is 9.43. The number of nitrogens with one attached hydrogen (secondary N) is 1. The van der Waals surface area contributed by atoms with Gasteiger partial charge in [-0.25, -0.2) is 8.42 Å². The molecule has 0 spiro atoms. The zero-order chi connectivity index (χ0) is 19.9. The number of sulfonamides is 1. The molecule has 4 rings (SSSR count). The quantitative estimate of drug-likeness (QED) is 0.716. The van der Waals surface area contributed by atoms with E-state index >= 15 is 0 Å². The molecule has 28 heavy (non-hydrogen) atoms. The van der Waals surface area contributed by atoms with Crippen LogP contribution in [-0.2, 0) is 10.0 Å². The number of nitrogens with zero attached hydrogens (tertiary/aromatic N) is 3. The van der Waals surface area contributed by atoms with Gasteiger partial charge in [-0.15, -0.1) is 0 Å². The van der Waals surface area contributed by atoms with Gasteiger partial charge in [0.25, 0.3) is 0 Å². The molecule has 0 saturated carbocycles. The highest BCUT2D eigenvalue weighted by atomic mass is 32.2. The number of hydrogen-bond donors (Lipinski definition) is 1. The topological polar surface area (TPSA) is 75.2 Å². The molecular formula is C21H24N4O2S. The Morgan fingerprint density at radius 1 is 1.11 bits per heavy atom. The fraction of sp³-hybridized carbons (Fsp3) is 0.333. The van der Waals surface area contributed by atoms with Crippen LogP contribution in [0.25, 0.3) is 21.9 Å². The maximum absolute atomic E-state index is 12.0. The van der Waals surface area contributed by atoms with Crippen molar-refractivity contribution >= 4 is 26.5 Å². The zero-order valence-electron chi connectivity index (χ0n) is 16.3. The molecule has 3 heterocycles. The molecule has 7 heteroatoms. The van der Waals surface area contributed by atoms with E-state index in [-0.39, 0.29) is 11.8 Å². The molecule has 2 aromatic heterocycles. The van der Waals surface area contributed by atoms with Crippen molar-refractivity contribution in [2.75, 3.05) is 24.2 Å². The average Bonchev–Trinajstić information content (AvgIpc) is 2.63. The predicted octanol–water partition coefficient (Wildman–Crippen LogP) is 3.36. The lowest BCUT2D eigenvalue weighted by Crippen LogP contribution is -2.57. The Morgan fingerprint density at radius 2 is 1.79 bits per heavy atom. The SMILES string of the molecule is CCS(=O)(=O)N1CC(Nc2cc(-c3cc(C)nc(C)c3)cc3ccncc23)C1. The van der Waals surface area contributed by atoms with E-state index in [9.17, 15) is 8.42 Å². The van der Waals surface area contributed by atoms with Gasteiger partial charge < -0.3 is 5.32 Å². The van der Waals surface area contributed by atoms with Crippen molar-refractivity contribution in [3.05, 3.63) is 54.1 Å². The molecule has 3 aromatic rings. The number of pyridine rings is 2. The maximum atomic E-state index is 12.0. The van der Waals surface area contributed by atoms with E-state index in [0.717, 1.165) is 39.0 Å². The molecule has 0 radical (unpaired) electrons. The molecule has 1 fully saturated rings. The van der Waals surface area contributed by atoms with E-state index in [4.69, 9.17) is 0 Å². The number of aryl methyl sites for hydroxylation is 2. The lowest BCUT2D eigenvalue weighted by molar-refractivity contribution is 0.281. The van der Waals surface area contributed by atoms with Gasteiger partial charge in [0, 0.05) is 47.9 Å². The van der Waals surface area contributed by atoms with Crippen LogP contribution in [0.2, 0.25) is 0 Å². The van der Waals surface area contributed by atoms with E-state index in [1.54, 1.807) is 13.1 Å². The monoisotopic (exact) mass is 396 g/mol. The van der Waals surface area contributed by atoms with Crippen molar-refractivity contribution < 1.29 is 8.42 Å². The summed E-state index contributed by atoms with van der Waals surface area (Å²) >= 11 is 0. The lowest BCUT2D eigenvalue weighted by Gasteiger charge is -2.39. The van der Waals surface area contributed by atoms with Gasteiger partial charge in [-0.3, -0.25) is 9.97 Å². The van der Waals surface area contributed by atoms with Crippen molar-refractivity contribution in [1.82, 2.24) is 14.3 Å². The molecule has 1 aliphatic rings. The standard InChI is InChI=1S/C21H24N4O2S/c1-4-28(26,27)25-12-19(13-25)24-21-10-18(9-16-5-6-22-11-20(16)21)17-7-14(2)23-15(3)8-17/h5-11,19,24H,4,12-13H2,1-3H3. The van der Waals surface area contributed by atoms with Gasteiger partial charge in [-0.2, -0.15) is 4.31 Å². The third kappa shape index (κ3) is 3.59. The van der Waals surface area contributed by atoms with E-state index < -0.39 is 10.0 Å². The zero-order valence-corrected chi connectivity index (χ0v) is 17.1. The molecule has 1 saturated heterocycles. The van der Waals surface area contributed by atoms with Crippen LogP contribution in [-0.4, -0.2) is 47.6 Å². The van der Waals surface area contributed by atoms with E-state index in [1.807, 2.05) is 26.1 Å². The van der Waals surface area contributed by atoms with Gasteiger partial charge in [0.1, 0.15) is 0 Å². The van der Waals surface area contributed by atoms with Crippen LogP contribution in [0.1, 0.15) is 18.3 Å². The molecule has 1 N–H and O–H groups in total. The minimum atomic E-state index is -3.12. The Balaban J connectivity index is 1.68. The summed E-state index contributed by atoms with van der Waals surface area (Å²) in [7, 11) is -3.12. The highest BCUT2D eigenvalue weighted by Crippen LogP contribution is 2.32. The maximum Gasteiger partial charge on any atom is 0.213 e. The van der Waals surface area contributed by atoms with Crippen molar-refractivity contribution in [2.24, 2.45) is 0 Å². The fourth-order valence-corrected chi connectivity index (χ4v) is 4.82. The molecule has 1 aliphatic heterocycles. The Hall–Kier alpha value is -2.51. The lowest BCUT2D eigenvalue weighted by atomic mass is 9.99. The summed E-state index contributed by atoms with van der Waals surface area (Å²) in [5.41, 5.74) is 5.17. The summed E-state index contributed by atoms with van der Waals surface area (Å²) in [6.07, 6.45) is 3.64. The molecule has 0 atom stereocenters. The second-order valence-electron chi connectivity index (χ2n) is 7.32. The molecule has 146 valence electrons. The second-order valence-corrected chi connectivity index (χ2v) is 9.58.